The Morgan fingerprint density at radius 3 is 2.50 bits per heavy atom. The molecule has 0 aliphatic rings. The van der Waals surface area contributed by atoms with E-state index >= 15 is 0 Å². The first-order chi connectivity index (χ1) is 9.60. The van der Waals surface area contributed by atoms with Crippen LogP contribution >= 0.6 is 0 Å². The molecular formula is C14H12N2O4. The monoisotopic (exact) mass is 272 g/mol. The first kappa shape index (κ1) is 13.5. The molecule has 102 valence electrons. The lowest BCUT2D eigenvalue weighted by atomic mass is 10.2. The quantitative estimate of drug-likeness (QED) is 0.526. The molecule has 0 saturated carbocycles. The molecule has 2 aromatic rings. The number of nitrogens with zero attached hydrogens (tertiary/aromatic N) is 2. The second-order valence-electron chi connectivity index (χ2n) is 3.96. The Balaban J connectivity index is 2.18. The van der Waals surface area contributed by atoms with Crippen molar-refractivity contribution < 1.29 is 14.8 Å². The van der Waals surface area contributed by atoms with Crippen molar-refractivity contribution in [3.63, 3.8) is 0 Å². The Bertz CT molecular complexity index is 651. The fraction of sp³-hybridized carbons (Fsp3) is 0.0714. The summed E-state index contributed by atoms with van der Waals surface area (Å²) in [5, 5.41) is 20.3. The third-order valence-electron chi connectivity index (χ3n) is 2.65. The molecule has 0 aromatic heterocycles. The van der Waals surface area contributed by atoms with Crippen molar-refractivity contribution in [2.24, 2.45) is 4.99 Å². The van der Waals surface area contributed by atoms with Gasteiger partial charge in [0.15, 0.2) is 0 Å². The largest absolute Gasteiger partial charge is 0.507 e. The molecule has 0 aliphatic carbocycles. The van der Waals surface area contributed by atoms with Crippen LogP contribution in [0.4, 0.5) is 11.4 Å². The number of non-ortho nitro benzene ring substituents is 1. The maximum absolute atomic E-state index is 10.5. The third kappa shape index (κ3) is 3.11. The van der Waals surface area contributed by atoms with Gasteiger partial charge in [-0.2, -0.15) is 0 Å². The normalized spacial score (nSPS) is 10.7. The van der Waals surface area contributed by atoms with E-state index in [0.29, 0.717) is 17.0 Å². The summed E-state index contributed by atoms with van der Waals surface area (Å²) in [5.74, 6) is 0.602. The average Bonchev–Trinajstić information content (AvgIpc) is 2.46. The van der Waals surface area contributed by atoms with Gasteiger partial charge in [-0.25, -0.2) is 0 Å². The highest BCUT2D eigenvalue weighted by atomic mass is 16.6. The smallest absolute Gasteiger partial charge is 0.269 e. The topological polar surface area (TPSA) is 85.0 Å². The SMILES string of the molecule is COc1ccc(C=Nc2ccc([N+](=O)[O-])cc2)c(O)c1. The predicted molar refractivity (Wildman–Crippen MR) is 75.0 cm³/mol. The molecule has 0 unspecified atom stereocenters. The highest BCUT2D eigenvalue weighted by Crippen LogP contribution is 2.23. The van der Waals surface area contributed by atoms with Gasteiger partial charge in [0.2, 0.25) is 0 Å². The molecule has 0 fully saturated rings. The molecule has 0 aliphatic heterocycles. The highest BCUT2D eigenvalue weighted by molar-refractivity contribution is 5.85. The second kappa shape index (κ2) is 5.83. The molecule has 2 aromatic carbocycles. The summed E-state index contributed by atoms with van der Waals surface area (Å²) in [6.07, 6.45) is 1.48. The summed E-state index contributed by atoms with van der Waals surface area (Å²) in [5.41, 5.74) is 1.10. The zero-order valence-corrected chi connectivity index (χ0v) is 10.7. The predicted octanol–water partition coefficient (Wildman–Crippen LogP) is 3.06. The van der Waals surface area contributed by atoms with E-state index < -0.39 is 4.92 Å². The molecule has 2 rings (SSSR count). The van der Waals surface area contributed by atoms with Gasteiger partial charge in [-0.15, -0.1) is 0 Å². The lowest BCUT2D eigenvalue weighted by Gasteiger charge is -2.02. The van der Waals surface area contributed by atoms with E-state index in [1.807, 2.05) is 0 Å². The minimum Gasteiger partial charge on any atom is -0.507 e. The van der Waals surface area contributed by atoms with Crippen LogP contribution in [0, 0.1) is 10.1 Å². The fourth-order valence-corrected chi connectivity index (χ4v) is 1.56. The molecule has 0 saturated heterocycles. The minimum atomic E-state index is -0.469. The number of ether oxygens (including phenoxy) is 1. The van der Waals surface area contributed by atoms with Crippen molar-refractivity contribution in [1.82, 2.24) is 0 Å². The highest BCUT2D eigenvalue weighted by Gasteiger charge is 2.03. The Morgan fingerprint density at radius 1 is 1.25 bits per heavy atom. The molecule has 6 nitrogen and oxygen atoms in total. The summed E-state index contributed by atoms with van der Waals surface area (Å²) in [4.78, 5) is 14.2. The molecule has 6 heteroatoms. The zero-order valence-electron chi connectivity index (χ0n) is 10.7. The number of nitro groups is 1. The van der Waals surface area contributed by atoms with Crippen LogP contribution < -0.4 is 4.74 Å². The summed E-state index contributed by atoms with van der Waals surface area (Å²) in [6, 6.07) is 10.7. The van der Waals surface area contributed by atoms with Crippen molar-refractivity contribution >= 4 is 17.6 Å². The van der Waals surface area contributed by atoms with Gasteiger partial charge in [-0.1, -0.05) is 0 Å². The van der Waals surface area contributed by atoms with Gasteiger partial charge < -0.3 is 9.84 Å². The number of hydrogen-bond acceptors (Lipinski definition) is 5. The number of methoxy groups -OCH3 is 1. The van der Waals surface area contributed by atoms with Gasteiger partial charge in [0, 0.05) is 30.0 Å². The summed E-state index contributed by atoms with van der Waals surface area (Å²) >= 11 is 0. The molecule has 0 spiro atoms. The van der Waals surface area contributed by atoms with Crippen LogP contribution in [0.3, 0.4) is 0 Å². The summed E-state index contributed by atoms with van der Waals surface area (Å²) in [7, 11) is 1.51. The van der Waals surface area contributed by atoms with Crippen molar-refractivity contribution in [3.8, 4) is 11.5 Å². The van der Waals surface area contributed by atoms with Gasteiger partial charge in [-0.3, -0.25) is 15.1 Å². The number of nitro benzene ring substituents is 1. The first-order valence-electron chi connectivity index (χ1n) is 5.75. The van der Waals surface area contributed by atoms with E-state index in [1.54, 1.807) is 12.1 Å². The van der Waals surface area contributed by atoms with E-state index in [9.17, 15) is 15.2 Å². The Labute approximate surface area is 115 Å². The van der Waals surface area contributed by atoms with E-state index in [0.717, 1.165) is 0 Å². The van der Waals surface area contributed by atoms with E-state index in [4.69, 9.17) is 4.74 Å². The number of benzene rings is 2. The number of phenols is 1. The van der Waals surface area contributed by atoms with Gasteiger partial charge in [0.1, 0.15) is 11.5 Å². The number of aliphatic imine (C=N–C) groups is 1. The molecule has 1 N–H and O–H groups in total. The van der Waals surface area contributed by atoms with Crippen LogP contribution in [-0.2, 0) is 0 Å². The van der Waals surface area contributed by atoms with E-state index in [2.05, 4.69) is 4.99 Å². The molecule has 0 amide bonds. The Morgan fingerprint density at radius 2 is 1.95 bits per heavy atom. The van der Waals surface area contributed by atoms with Gasteiger partial charge >= 0.3 is 0 Å². The second-order valence-corrected chi connectivity index (χ2v) is 3.96. The average molecular weight is 272 g/mol. The maximum atomic E-state index is 10.5. The maximum Gasteiger partial charge on any atom is 0.269 e. The Kier molecular flexibility index (Phi) is 3.95. The van der Waals surface area contributed by atoms with Crippen LogP contribution in [0.2, 0.25) is 0 Å². The van der Waals surface area contributed by atoms with Crippen molar-refractivity contribution in [3.05, 3.63) is 58.1 Å². The molecule has 0 atom stereocenters. The number of hydrogen-bond donors (Lipinski definition) is 1. The van der Waals surface area contributed by atoms with Crippen LogP contribution in [0.25, 0.3) is 0 Å². The van der Waals surface area contributed by atoms with Gasteiger partial charge in [0.05, 0.1) is 17.7 Å². The lowest BCUT2D eigenvalue weighted by Crippen LogP contribution is -1.87. The minimum absolute atomic E-state index is 0.0104. The summed E-state index contributed by atoms with van der Waals surface area (Å²) in [6.45, 7) is 0. The molecule has 0 radical (unpaired) electrons. The van der Waals surface area contributed by atoms with Crippen LogP contribution in [-0.4, -0.2) is 23.4 Å². The van der Waals surface area contributed by atoms with E-state index in [1.165, 1.54) is 43.7 Å². The van der Waals surface area contributed by atoms with Crippen molar-refractivity contribution in [2.75, 3.05) is 7.11 Å². The molecule has 0 heterocycles. The molecule has 20 heavy (non-hydrogen) atoms. The standard InChI is InChI=1S/C14H12N2O4/c1-20-13-7-2-10(14(17)8-13)9-15-11-3-5-12(6-4-11)16(18)19/h2-9,17H,1H3. The molecule has 0 bridgehead atoms. The van der Waals surface area contributed by atoms with Crippen molar-refractivity contribution in [2.45, 2.75) is 0 Å². The summed E-state index contributed by atoms with van der Waals surface area (Å²) < 4.78 is 4.98. The van der Waals surface area contributed by atoms with Crippen LogP contribution in [0.1, 0.15) is 5.56 Å². The van der Waals surface area contributed by atoms with Crippen molar-refractivity contribution in [1.29, 1.82) is 0 Å². The fourth-order valence-electron chi connectivity index (χ4n) is 1.56. The zero-order chi connectivity index (χ0) is 14.5. The molecular weight excluding hydrogens is 260 g/mol. The third-order valence-corrected chi connectivity index (χ3v) is 2.65. The van der Waals surface area contributed by atoms with Gasteiger partial charge in [0.25, 0.3) is 5.69 Å². The number of rotatable bonds is 4. The Hall–Kier alpha value is -2.89. The van der Waals surface area contributed by atoms with E-state index in [-0.39, 0.29) is 11.4 Å². The van der Waals surface area contributed by atoms with Crippen LogP contribution in [0.15, 0.2) is 47.5 Å². The van der Waals surface area contributed by atoms with Gasteiger partial charge in [-0.05, 0) is 24.3 Å². The van der Waals surface area contributed by atoms with Crippen LogP contribution in [0.5, 0.6) is 11.5 Å². The first-order valence-corrected chi connectivity index (χ1v) is 5.75. The number of phenolic OH excluding ortho intramolecular Hbond substituents is 1. The lowest BCUT2D eigenvalue weighted by molar-refractivity contribution is -0.384. The number of aromatic hydroxyl groups is 1.